The van der Waals surface area contributed by atoms with Crippen molar-refractivity contribution >= 4 is 17.9 Å². The minimum atomic E-state index is -0.839. The minimum absolute atomic E-state index is 0.130. The van der Waals surface area contributed by atoms with Crippen LogP contribution >= 0.6 is 0 Å². The van der Waals surface area contributed by atoms with Gasteiger partial charge < -0.3 is 14.2 Å². The molecular weight excluding hydrogens is 853 g/mol. The summed E-state index contributed by atoms with van der Waals surface area (Å²) in [6, 6.07) is 0. The molecule has 6 heteroatoms. The summed E-state index contributed by atoms with van der Waals surface area (Å²) in [5.41, 5.74) is 0. The number of esters is 3. The third-order valence-corrected chi connectivity index (χ3v) is 10.3. The molecule has 0 aliphatic carbocycles. The lowest BCUT2D eigenvalue weighted by atomic mass is 10.1. The number of allylic oxidation sites excluding steroid dienone is 30. The molecule has 0 radical (unpaired) electrons. The van der Waals surface area contributed by atoms with Gasteiger partial charge in [0.05, 0.1) is 0 Å². The van der Waals surface area contributed by atoms with Crippen LogP contribution in [0.4, 0.5) is 0 Å². The average Bonchev–Trinajstić information content (AvgIpc) is 3.35. The molecular formula is C63H92O6. The minimum Gasteiger partial charge on any atom is -0.462 e. The van der Waals surface area contributed by atoms with Gasteiger partial charge in [0, 0.05) is 19.3 Å². The fourth-order valence-electron chi connectivity index (χ4n) is 6.34. The number of unbranched alkanes of at least 4 members (excludes halogenated alkanes) is 15. The monoisotopic (exact) mass is 945 g/mol. The number of hydrogen-bond donors (Lipinski definition) is 0. The Balaban J connectivity index is 4.67. The summed E-state index contributed by atoms with van der Waals surface area (Å²) in [4.78, 5) is 38.1. The van der Waals surface area contributed by atoms with Gasteiger partial charge in [-0.15, -0.1) is 0 Å². The lowest BCUT2D eigenvalue weighted by molar-refractivity contribution is -0.167. The number of hydrogen-bond acceptors (Lipinski definition) is 6. The van der Waals surface area contributed by atoms with Gasteiger partial charge in [-0.25, -0.2) is 0 Å². The number of rotatable bonds is 44. The van der Waals surface area contributed by atoms with E-state index in [1.807, 2.05) is 146 Å². The van der Waals surface area contributed by atoms with Crippen molar-refractivity contribution in [3.8, 4) is 0 Å². The molecule has 0 spiro atoms. The maximum atomic E-state index is 12.8. The molecule has 0 aromatic rings. The van der Waals surface area contributed by atoms with Crippen LogP contribution in [0.1, 0.15) is 175 Å². The molecule has 0 amide bonds. The zero-order valence-electron chi connectivity index (χ0n) is 43.2. The number of carbonyl (C=O) groups excluding carboxylic acids is 3. The van der Waals surface area contributed by atoms with Crippen molar-refractivity contribution in [3.05, 3.63) is 182 Å². The standard InChI is InChI=1S/C63H92O6/c1-4-7-10-13-16-19-22-25-27-29-31-33-35-38-41-44-47-50-53-56-62(65)68-59-60(58-67-61(64)55-52-49-46-43-40-37-24-21-18-15-12-9-6-3)69-63(66)57-54-51-48-45-42-39-36-34-32-30-28-26-23-20-17-14-11-8-5-2/h7-8,10-11,13-14,16-17,19-20,22-23,25-42,60H,4-6,9,12,15,18,21,24,43-59H2,1-3H3/b10-7-,11-8-,16-13-,17-14-,22-19-,23-20-,27-25-,28-26-,31-29+,32-30+,35-33-,36-34-,40-37-,41-38-,42-39-. The topological polar surface area (TPSA) is 78.9 Å². The smallest absolute Gasteiger partial charge is 0.306 e. The summed E-state index contributed by atoms with van der Waals surface area (Å²) >= 11 is 0. The predicted molar refractivity (Wildman–Crippen MR) is 297 cm³/mol. The average molecular weight is 945 g/mol. The third-order valence-electron chi connectivity index (χ3n) is 10.3. The van der Waals surface area contributed by atoms with Gasteiger partial charge in [-0.05, 0) is 83.5 Å². The first-order valence-corrected chi connectivity index (χ1v) is 26.5. The van der Waals surface area contributed by atoms with Crippen LogP contribution in [0, 0.1) is 0 Å². The normalized spacial score (nSPS) is 13.6. The van der Waals surface area contributed by atoms with Gasteiger partial charge in [0.2, 0.25) is 0 Å². The Labute approximate surface area is 421 Å². The number of ether oxygens (including phenoxy) is 3. The molecule has 0 heterocycles. The summed E-state index contributed by atoms with van der Waals surface area (Å²) in [6.07, 6.45) is 82.9. The Morgan fingerprint density at radius 3 is 0.928 bits per heavy atom. The zero-order chi connectivity index (χ0) is 50.0. The van der Waals surface area contributed by atoms with Crippen LogP contribution in [0.15, 0.2) is 182 Å². The first kappa shape index (κ1) is 63.5. The Morgan fingerprint density at radius 1 is 0.304 bits per heavy atom. The Hall–Kier alpha value is -5.49. The van der Waals surface area contributed by atoms with Crippen LogP contribution in [0.5, 0.6) is 0 Å². The van der Waals surface area contributed by atoms with Crippen LogP contribution in [0.25, 0.3) is 0 Å². The maximum Gasteiger partial charge on any atom is 0.306 e. The molecule has 0 aromatic heterocycles. The molecule has 69 heavy (non-hydrogen) atoms. The van der Waals surface area contributed by atoms with E-state index >= 15 is 0 Å². The maximum absolute atomic E-state index is 12.8. The molecule has 0 saturated heterocycles. The molecule has 0 N–H and O–H groups in total. The molecule has 0 fully saturated rings. The van der Waals surface area contributed by atoms with Crippen molar-refractivity contribution in [2.75, 3.05) is 13.2 Å². The van der Waals surface area contributed by atoms with E-state index in [0.29, 0.717) is 19.3 Å². The van der Waals surface area contributed by atoms with Gasteiger partial charge in [0.15, 0.2) is 6.10 Å². The summed E-state index contributed by atoms with van der Waals surface area (Å²) < 4.78 is 16.7. The Bertz CT molecular complexity index is 1700. The second-order valence-corrected chi connectivity index (χ2v) is 16.7. The highest BCUT2D eigenvalue weighted by molar-refractivity contribution is 5.71. The first-order chi connectivity index (χ1) is 34.0. The van der Waals surface area contributed by atoms with Crippen LogP contribution < -0.4 is 0 Å². The van der Waals surface area contributed by atoms with Crippen LogP contribution in [0.3, 0.4) is 0 Å². The highest BCUT2D eigenvalue weighted by Crippen LogP contribution is 2.12. The zero-order valence-corrected chi connectivity index (χ0v) is 43.2. The van der Waals surface area contributed by atoms with Gasteiger partial charge in [0.25, 0.3) is 0 Å². The fourth-order valence-corrected chi connectivity index (χ4v) is 6.34. The van der Waals surface area contributed by atoms with E-state index in [-0.39, 0.29) is 44.0 Å². The van der Waals surface area contributed by atoms with Crippen molar-refractivity contribution < 1.29 is 28.6 Å². The molecule has 0 aromatic carbocycles. The number of carbonyl (C=O) groups is 3. The van der Waals surface area contributed by atoms with E-state index in [4.69, 9.17) is 14.2 Å². The lowest BCUT2D eigenvalue weighted by Crippen LogP contribution is -2.30. The van der Waals surface area contributed by atoms with E-state index in [1.54, 1.807) is 0 Å². The molecule has 0 aliphatic heterocycles. The lowest BCUT2D eigenvalue weighted by Gasteiger charge is -2.18. The van der Waals surface area contributed by atoms with E-state index < -0.39 is 6.10 Å². The van der Waals surface area contributed by atoms with E-state index in [9.17, 15) is 14.4 Å². The van der Waals surface area contributed by atoms with Crippen molar-refractivity contribution in [3.63, 3.8) is 0 Å². The molecule has 1 unspecified atom stereocenters. The summed E-state index contributed by atoms with van der Waals surface area (Å²) in [5.74, 6) is -1.05. The quantitative estimate of drug-likeness (QED) is 0.0199. The van der Waals surface area contributed by atoms with Crippen LogP contribution in [0.2, 0.25) is 0 Å². The van der Waals surface area contributed by atoms with Gasteiger partial charge in [0.1, 0.15) is 13.2 Å². The molecule has 1 atom stereocenters. The van der Waals surface area contributed by atoms with Gasteiger partial charge >= 0.3 is 17.9 Å². The van der Waals surface area contributed by atoms with Crippen molar-refractivity contribution in [2.24, 2.45) is 0 Å². The highest BCUT2D eigenvalue weighted by Gasteiger charge is 2.19. The van der Waals surface area contributed by atoms with Crippen molar-refractivity contribution in [1.29, 1.82) is 0 Å². The SMILES string of the molecule is CC\C=C/C=C\C=C/C=C\C=C\C=C/C=C\CCCCCC(=O)OCC(COC(=O)CCCCC/C=C\CCCCCCCC)OC(=O)CCCCC\C=C/C=C\C=C\C=C/C=C\C=C/C=C\CC. The van der Waals surface area contributed by atoms with Crippen LogP contribution in [-0.2, 0) is 28.6 Å². The fraction of sp³-hybridized carbons (Fsp3) is 0.476. The molecule has 6 nitrogen and oxygen atoms in total. The summed E-state index contributed by atoms with van der Waals surface area (Å²) in [5, 5.41) is 0. The summed E-state index contributed by atoms with van der Waals surface area (Å²) in [7, 11) is 0. The van der Waals surface area contributed by atoms with E-state index in [2.05, 4.69) is 57.2 Å². The van der Waals surface area contributed by atoms with Gasteiger partial charge in [-0.2, -0.15) is 0 Å². The molecule has 0 rings (SSSR count). The summed E-state index contributed by atoms with van der Waals surface area (Å²) in [6.45, 7) is 6.21. The third kappa shape index (κ3) is 53.3. The molecule has 0 aliphatic rings. The second-order valence-electron chi connectivity index (χ2n) is 16.7. The van der Waals surface area contributed by atoms with Crippen LogP contribution in [-0.4, -0.2) is 37.2 Å². The Morgan fingerprint density at radius 2 is 0.580 bits per heavy atom. The van der Waals surface area contributed by atoms with E-state index in [0.717, 1.165) is 83.5 Å². The van der Waals surface area contributed by atoms with Crippen molar-refractivity contribution in [1.82, 2.24) is 0 Å². The largest absolute Gasteiger partial charge is 0.462 e. The Kier molecular flexibility index (Phi) is 50.7. The first-order valence-electron chi connectivity index (χ1n) is 26.5. The predicted octanol–water partition coefficient (Wildman–Crippen LogP) is 17.7. The van der Waals surface area contributed by atoms with E-state index in [1.165, 1.54) is 38.5 Å². The van der Waals surface area contributed by atoms with Crippen molar-refractivity contribution in [2.45, 2.75) is 181 Å². The highest BCUT2D eigenvalue weighted by atomic mass is 16.6. The van der Waals surface area contributed by atoms with Gasteiger partial charge in [-0.1, -0.05) is 254 Å². The molecule has 380 valence electrons. The molecule has 0 bridgehead atoms. The molecule has 0 saturated carbocycles. The second kappa shape index (κ2) is 55.1. The van der Waals surface area contributed by atoms with Gasteiger partial charge in [-0.3, -0.25) is 14.4 Å².